The first kappa shape index (κ1) is 37.1. The zero-order valence-electron chi connectivity index (χ0n) is 34.8. The minimum absolute atomic E-state index is 0.548. The average Bonchev–Trinajstić information content (AvgIpc) is 3.70. The van der Waals surface area contributed by atoms with Crippen molar-refractivity contribution in [3.8, 4) is 51.0 Å². The van der Waals surface area contributed by atoms with E-state index < -0.39 is 0 Å². The standard InChI is InChI=1S/C59H39N5/c1-4-16-43(17-5-1)57-60-58(44-18-6-2-7-19-44)62-59(61-57)64-55-38-49(48-27-25-41-15-11-13-21-46(41)37-48)30-34-53(55)54-35-33-52(39-56(54)64)63(50-22-8-3-9-23-50)51-31-28-42(29-32-51)47-26-24-40-14-10-12-20-45(40)36-47/h1-39H. The van der Waals surface area contributed by atoms with Crippen LogP contribution in [0.25, 0.3) is 94.3 Å². The predicted molar refractivity (Wildman–Crippen MR) is 266 cm³/mol. The van der Waals surface area contributed by atoms with E-state index in [4.69, 9.17) is 15.0 Å². The van der Waals surface area contributed by atoms with Crippen LogP contribution in [0.2, 0.25) is 0 Å². The molecule has 0 spiro atoms. The highest BCUT2D eigenvalue weighted by Crippen LogP contribution is 2.41. The maximum Gasteiger partial charge on any atom is 0.238 e. The Labute approximate surface area is 370 Å². The fraction of sp³-hybridized carbons (Fsp3) is 0. The zero-order valence-corrected chi connectivity index (χ0v) is 34.8. The van der Waals surface area contributed by atoms with Crippen molar-refractivity contribution in [2.45, 2.75) is 0 Å². The molecule has 12 aromatic rings. The lowest BCUT2D eigenvalue weighted by atomic mass is 10.00. The van der Waals surface area contributed by atoms with Gasteiger partial charge in [0, 0.05) is 39.0 Å². The highest BCUT2D eigenvalue weighted by molar-refractivity contribution is 6.11. The van der Waals surface area contributed by atoms with Crippen molar-refractivity contribution in [1.82, 2.24) is 19.5 Å². The quantitative estimate of drug-likeness (QED) is 0.153. The molecule has 0 aliphatic rings. The summed E-state index contributed by atoms with van der Waals surface area (Å²) in [6.07, 6.45) is 0. The molecular formula is C59H39N5. The number of benzene rings is 10. The molecule has 0 saturated heterocycles. The molecule has 0 radical (unpaired) electrons. The Morgan fingerprint density at radius 1 is 0.281 bits per heavy atom. The van der Waals surface area contributed by atoms with E-state index in [2.05, 4.69) is 210 Å². The first-order valence-electron chi connectivity index (χ1n) is 21.6. The molecule has 2 aromatic heterocycles. The Morgan fingerprint density at radius 2 is 0.703 bits per heavy atom. The maximum absolute atomic E-state index is 5.29. The van der Waals surface area contributed by atoms with Gasteiger partial charge in [0.2, 0.25) is 5.95 Å². The first-order chi connectivity index (χ1) is 31.7. The van der Waals surface area contributed by atoms with Crippen molar-refractivity contribution in [3.63, 3.8) is 0 Å². The second kappa shape index (κ2) is 15.7. The third kappa shape index (κ3) is 6.73. The Morgan fingerprint density at radius 3 is 1.30 bits per heavy atom. The topological polar surface area (TPSA) is 46.8 Å². The fourth-order valence-corrected chi connectivity index (χ4v) is 9.00. The summed E-state index contributed by atoms with van der Waals surface area (Å²) in [5, 5.41) is 7.10. The van der Waals surface area contributed by atoms with E-state index in [9.17, 15) is 0 Å². The number of rotatable bonds is 8. The minimum atomic E-state index is 0.548. The van der Waals surface area contributed by atoms with Gasteiger partial charge in [-0.2, -0.15) is 9.97 Å². The van der Waals surface area contributed by atoms with E-state index in [0.29, 0.717) is 17.6 Å². The second-order valence-corrected chi connectivity index (χ2v) is 16.1. The van der Waals surface area contributed by atoms with Crippen molar-refractivity contribution >= 4 is 60.4 Å². The van der Waals surface area contributed by atoms with Gasteiger partial charge in [0.15, 0.2) is 11.6 Å². The predicted octanol–water partition coefficient (Wildman–Crippen LogP) is 15.4. The summed E-state index contributed by atoms with van der Waals surface area (Å²) in [4.78, 5) is 18.0. The highest BCUT2D eigenvalue weighted by atomic mass is 15.2. The zero-order chi connectivity index (χ0) is 42.4. The van der Waals surface area contributed by atoms with Crippen LogP contribution in [0.3, 0.4) is 0 Å². The molecule has 12 rings (SSSR count). The van der Waals surface area contributed by atoms with Crippen LogP contribution in [0.1, 0.15) is 0 Å². The number of hydrogen-bond donors (Lipinski definition) is 0. The second-order valence-electron chi connectivity index (χ2n) is 16.1. The lowest BCUT2D eigenvalue weighted by Gasteiger charge is -2.26. The number of para-hydroxylation sites is 1. The molecule has 0 N–H and O–H groups in total. The molecule has 10 aromatic carbocycles. The normalized spacial score (nSPS) is 11.4. The van der Waals surface area contributed by atoms with Crippen molar-refractivity contribution < 1.29 is 0 Å². The summed E-state index contributed by atoms with van der Waals surface area (Å²) in [6.45, 7) is 0. The third-order valence-electron chi connectivity index (χ3n) is 12.2. The SMILES string of the molecule is c1ccc(-c2nc(-c3ccccc3)nc(-n3c4cc(-c5ccc6ccccc6c5)ccc4c4ccc(N(c5ccccc5)c5ccc(-c6ccc7ccccc7c6)cc5)cc43)n2)cc1. The summed E-state index contributed by atoms with van der Waals surface area (Å²) in [6, 6.07) is 83.7. The van der Waals surface area contributed by atoms with Crippen molar-refractivity contribution in [3.05, 3.63) is 237 Å². The molecule has 64 heavy (non-hydrogen) atoms. The number of anilines is 3. The smallest absolute Gasteiger partial charge is 0.238 e. The van der Waals surface area contributed by atoms with Gasteiger partial charge in [0.05, 0.1) is 11.0 Å². The maximum atomic E-state index is 5.29. The van der Waals surface area contributed by atoms with Gasteiger partial charge in [-0.25, -0.2) is 4.98 Å². The third-order valence-corrected chi connectivity index (χ3v) is 12.2. The van der Waals surface area contributed by atoms with E-state index in [1.165, 1.54) is 32.7 Å². The number of aromatic nitrogens is 4. The summed E-state index contributed by atoms with van der Waals surface area (Å²) < 4.78 is 2.23. The molecule has 0 fully saturated rings. The van der Waals surface area contributed by atoms with Gasteiger partial charge in [-0.05, 0) is 98.4 Å². The number of fused-ring (bicyclic) bond motifs is 5. The Kier molecular flexibility index (Phi) is 9.08. The van der Waals surface area contributed by atoms with Gasteiger partial charge in [-0.15, -0.1) is 0 Å². The van der Waals surface area contributed by atoms with Crippen LogP contribution < -0.4 is 4.90 Å². The molecule has 0 bridgehead atoms. The van der Waals surface area contributed by atoms with Gasteiger partial charge >= 0.3 is 0 Å². The molecule has 0 atom stereocenters. The van der Waals surface area contributed by atoms with Gasteiger partial charge in [-0.3, -0.25) is 4.57 Å². The molecule has 300 valence electrons. The van der Waals surface area contributed by atoms with Crippen LogP contribution in [0, 0.1) is 0 Å². The van der Waals surface area contributed by atoms with Crippen LogP contribution in [-0.2, 0) is 0 Å². The molecular weight excluding hydrogens is 779 g/mol. The fourth-order valence-electron chi connectivity index (χ4n) is 9.00. The lowest BCUT2D eigenvalue weighted by molar-refractivity contribution is 0.953. The number of hydrogen-bond acceptors (Lipinski definition) is 4. The Bertz CT molecular complexity index is 3600. The van der Waals surface area contributed by atoms with Crippen molar-refractivity contribution in [2.75, 3.05) is 4.90 Å². The average molecular weight is 818 g/mol. The van der Waals surface area contributed by atoms with Crippen LogP contribution in [0.15, 0.2) is 237 Å². The minimum Gasteiger partial charge on any atom is -0.310 e. The summed E-state index contributed by atoms with van der Waals surface area (Å²) in [5.41, 5.74) is 11.6. The summed E-state index contributed by atoms with van der Waals surface area (Å²) in [7, 11) is 0. The van der Waals surface area contributed by atoms with Crippen LogP contribution >= 0.6 is 0 Å². The largest absolute Gasteiger partial charge is 0.310 e. The molecule has 0 aliphatic heterocycles. The first-order valence-corrected chi connectivity index (χ1v) is 21.6. The van der Waals surface area contributed by atoms with E-state index in [0.717, 1.165) is 61.1 Å². The van der Waals surface area contributed by atoms with E-state index in [1.54, 1.807) is 0 Å². The Hall–Kier alpha value is -8.67. The summed E-state index contributed by atoms with van der Waals surface area (Å²) in [5.74, 6) is 1.77. The Balaban J connectivity index is 1.08. The molecule has 5 heteroatoms. The van der Waals surface area contributed by atoms with Crippen molar-refractivity contribution in [1.29, 1.82) is 0 Å². The monoisotopic (exact) mass is 817 g/mol. The molecule has 5 nitrogen and oxygen atoms in total. The summed E-state index contributed by atoms with van der Waals surface area (Å²) >= 11 is 0. The van der Waals surface area contributed by atoms with Crippen LogP contribution in [0.4, 0.5) is 17.1 Å². The van der Waals surface area contributed by atoms with Gasteiger partial charge in [0.1, 0.15) is 0 Å². The van der Waals surface area contributed by atoms with E-state index >= 15 is 0 Å². The molecule has 0 saturated carbocycles. The van der Waals surface area contributed by atoms with Crippen molar-refractivity contribution in [2.24, 2.45) is 0 Å². The molecule has 0 amide bonds. The molecule has 0 unspecified atom stereocenters. The van der Waals surface area contributed by atoms with Gasteiger partial charge in [-0.1, -0.05) is 182 Å². The van der Waals surface area contributed by atoms with Gasteiger partial charge in [0.25, 0.3) is 0 Å². The van der Waals surface area contributed by atoms with Crippen LogP contribution in [0.5, 0.6) is 0 Å². The van der Waals surface area contributed by atoms with Gasteiger partial charge < -0.3 is 4.90 Å². The lowest BCUT2D eigenvalue weighted by Crippen LogP contribution is -2.10. The van der Waals surface area contributed by atoms with E-state index in [-0.39, 0.29) is 0 Å². The molecule has 0 aliphatic carbocycles. The number of nitrogens with zero attached hydrogens (tertiary/aromatic N) is 5. The molecule has 2 heterocycles. The van der Waals surface area contributed by atoms with E-state index in [1.807, 2.05) is 36.4 Å². The highest BCUT2D eigenvalue weighted by Gasteiger charge is 2.21. The van der Waals surface area contributed by atoms with Crippen LogP contribution in [-0.4, -0.2) is 19.5 Å².